The summed E-state index contributed by atoms with van der Waals surface area (Å²) in [6.07, 6.45) is 19.9. The van der Waals surface area contributed by atoms with Gasteiger partial charge in [-0.05, 0) is 169 Å². The number of aliphatic hydroxyl groups is 1. The number of ether oxygens (including phenoxy) is 1. The number of unbranched alkanes of at least 4 members (excludes halogenated alkanes) is 2. The molecule has 13 nitrogen and oxygen atoms in total. The molecule has 0 aromatic heterocycles. The molecular formula is C60H83N4O9S2+. The Morgan fingerprint density at radius 3 is 2.36 bits per heavy atom. The van der Waals surface area contributed by atoms with Crippen molar-refractivity contribution in [3.05, 3.63) is 94.2 Å². The topological polar surface area (TPSA) is 177 Å². The summed E-state index contributed by atoms with van der Waals surface area (Å²) in [5, 5.41) is 13.8. The highest BCUT2D eigenvalue weighted by atomic mass is 32.2. The number of likely N-dealkylation sites (tertiary alicyclic amines) is 1. The fourth-order valence-corrected chi connectivity index (χ4v) is 17.3. The molecule has 4 heterocycles. The van der Waals surface area contributed by atoms with Gasteiger partial charge in [0.15, 0.2) is 5.71 Å². The van der Waals surface area contributed by atoms with Crippen LogP contribution < -0.4 is 10.2 Å². The molecule has 0 radical (unpaired) electrons. The van der Waals surface area contributed by atoms with Gasteiger partial charge in [-0.1, -0.05) is 57.9 Å². The van der Waals surface area contributed by atoms with Crippen LogP contribution in [0.15, 0.2) is 92.9 Å². The minimum absolute atomic E-state index is 0.0603. The summed E-state index contributed by atoms with van der Waals surface area (Å²) in [4.78, 5) is 17.9. The molecule has 10 rings (SSSR count). The summed E-state index contributed by atoms with van der Waals surface area (Å²) in [7, 11) is -8.83. The number of benzene rings is 2. The van der Waals surface area contributed by atoms with Crippen molar-refractivity contribution in [3.8, 4) is 0 Å². The molecule has 4 aliphatic carbocycles. The lowest BCUT2D eigenvalue weighted by Crippen LogP contribution is -2.54. The molecule has 2 saturated heterocycles. The van der Waals surface area contributed by atoms with Crippen LogP contribution in [0.25, 0.3) is 0 Å². The maximum atomic E-state index is 13.4. The molecule has 4 N–H and O–H groups in total. The third kappa shape index (κ3) is 9.37. The summed E-state index contributed by atoms with van der Waals surface area (Å²) in [5.74, 6) is 2.91. The van der Waals surface area contributed by atoms with E-state index in [1.165, 1.54) is 36.1 Å². The van der Waals surface area contributed by atoms with Crippen molar-refractivity contribution in [1.82, 2.24) is 10.2 Å². The number of nitrogens with zero attached hydrogens (tertiary/aromatic N) is 3. The lowest BCUT2D eigenvalue weighted by atomic mass is 9.56. The van der Waals surface area contributed by atoms with E-state index < -0.39 is 31.1 Å². The number of amides is 1. The van der Waals surface area contributed by atoms with Gasteiger partial charge in [-0.15, -0.1) is 0 Å². The number of nitrogens with one attached hydrogen (secondary N) is 1. The van der Waals surface area contributed by atoms with Crippen molar-refractivity contribution in [1.29, 1.82) is 0 Å². The lowest BCUT2D eigenvalue weighted by Gasteiger charge is -2.49. The molecule has 1 spiro atoms. The van der Waals surface area contributed by atoms with E-state index in [1.54, 1.807) is 29.8 Å². The predicted octanol–water partition coefficient (Wildman–Crippen LogP) is 10.2. The largest absolute Gasteiger partial charge is 0.393 e. The van der Waals surface area contributed by atoms with Crippen molar-refractivity contribution in [2.75, 3.05) is 37.6 Å². The first kappa shape index (κ1) is 54.4. The average molecular weight is 1070 g/mol. The molecule has 4 aliphatic heterocycles. The van der Waals surface area contributed by atoms with Crippen LogP contribution in [0.1, 0.15) is 150 Å². The Morgan fingerprint density at radius 2 is 1.64 bits per heavy atom. The van der Waals surface area contributed by atoms with Crippen molar-refractivity contribution < 1.29 is 45.2 Å². The van der Waals surface area contributed by atoms with Crippen LogP contribution in [0.3, 0.4) is 0 Å². The number of hydrogen-bond acceptors (Lipinski definition) is 9. The number of anilines is 1. The zero-order valence-electron chi connectivity index (χ0n) is 45.9. The normalized spacial score (nSPS) is 33.4. The van der Waals surface area contributed by atoms with E-state index in [9.17, 15) is 35.8 Å². The average Bonchev–Trinajstić information content (AvgIpc) is 4.00. The maximum Gasteiger partial charge on any atom is 0.294 e. The Hall–Kier alpha value is -3.96. The molecule has 2 aromatic rings. The number of fused-ring (bicyclic) bond motifs is 8. The number of carbonyl (C=O) groups excluding carboxylic acids is 1. The van der Waals surface area contributed by atoms with Crippen LogP contribution >= 0.6 is 0 Å². The maximum absolute atomic E-state index is 13.4. The molecule has 1 amide bonds. The van der Waals surface area contributed by atoms with E-state index in [0.29, 0.717) is 61.7 Å². The summed E-state index contributed by atoms with van der Waals surface area (Å²) in [6, 6.07) is 9.80. The molecule has 15 heteroatoms. The van der Waals surface area contributed by atoms with Gasteiger partial charge in [0, 0.05) is 85.5 Å². The van der Waals surface area contributed by atoms with Crippen LogP contribution in [0.5, 0.6) is 0 Å². The van der Waals surface area contributed by atoms with Crippen LogP contribution in [0.2, 0.25) is 0 Å². The third-order valence-corrected chi connectivity index (χ3v) is 22.0. The fraction of sp³-hybridized carbons (Fsp3) is 0.633. The van der Waals surface area contributed by atoms with Gasteiger partial charge in [0.2, 0.25) is 11.6 Å². The van der Waals surface area contributed by atoms with Crippen LogP contribution in [0.4, 0.5) is 11.4 Å². The summed E-state index contributed by atoms with van der Waals surface area (Å²) in [5.41, 5.74) is 8.71. The highest BCUT2D eigenvalue weighted by molar-refractivity contribution is 7.86. The number of aliphatic hydroxyl groups excluding tert-OH is 1. The monoisotopic (exact) mass is 1070 g/mol. The van der Waals surface area contributed by atoms with Gasteiger partial charge in [-0.3, -0.25) is 18.8 Å². The van der Waals surface area contributed by atoms with E-state index in [2.05, 4.69) is 53.5 Å². The van der Waals surface area contributed by atoms with Gasteiger partial charge in [0.05, 0.1) is 33.0 Å². The quantitative estimate of drug-likeness (QED) is 0.0613. The van der Waals surface area contributed by atoms with Gasteiger partial charge in [0.1, 0.15) is 6.54 Å². The second kappa shape index (κ2) is 19.7. The van der Waals surface area contributed by atoms with Crippen molar-refractivity contribution in [3.63, 3.8) is 0 Å². The summed E-state index contributed by atoms with van der Waals surface area (Å²) >= 11 is 0. The number of allylic oxidation sites excluding steroid dienone is 6. The molecule has 2 aromatic carbocycles. The van der Waals surface area contributed by atoms with Crippen LogP contribution in [-0.4, -0.2) is 109 Å². The molecule has 408 valence electrons. The molecule has 7 unspecified atom stereocenters. The van der Waals surface area contributed by atoms with Crippen molar-refractivity contribution >= 4 is 43.2 Å². The Balaban J connectivity index is 0.773. The Bertz CT molecular complexity index is 3030. The van der Waals surface area contributed by atoms with Crippen molar-refractivity contribution in [2.24, 2.45) is 35.0 Å². The van der Waals surface area contributed by atoms with E-state index in [4.69, 9.17) is 4.74 Å². The van der Waals surface area contributed by atoms with Gasteiger partial charge in [-0.25, -0.2) is 0 Å². The van der Waals surface area contributed by atoms with Gasteiger partial charge in [-0.2, -0.15) is 21.4 Å². The number of piperidine rings is 1. The minimum Gasteiger partial charge on any atom is -0.393 e. The molecular weight excluding hydrogens is 985 g/mol. The Labute approximate surface area is 447 Å². The Kier molecular flexibility index (Phi) is 14.3. The van der Waals surface area contributed by atoms with Crippen LogP contribution in [-0.2, 0) is 40.6 Å². The summed E-state index contributed by atoms with van der Waals surface area (Å²) in [6.45, 7) is 23.6. The summed E-state index contributed by atoms with van der Waals surface area (Å²) < 4.78 is 78.3. The standard InChI is InChI=1S/C60H82N4O9S2/c1-10-63-50-22-19-42(74(67,68)69)33-48(50)57(5,6)53(63)15-14-16-54-58(7,8)49-34-43(75(70,71)72)20-23-51(49)64(54)29-13-11-12-17-55(66)61-28-30-62-36-37(2)31-52-56(62)39(4)60(73-52)27-25-44-45-21-18-40-32-41(65)24-26-59(40,9)47(45)35-46(44)38(60)3/h14-16,18-20,22-23,33-34,37,39,41,44-45,47,52,56,65H,10-13,17,21,24-32,35-36H2,1-9H3,(H2-,61,66,67,68,69,70,71,72)/p+1/t37?,39-,41+,44?,45?,47?,52-,56?,59?,60?/m0/s1. The Morgan fingerprint density at radius 1 is 0.920 bits per heavy atom. The number of carbonyl (C=O) groups is 1. The second-order valence-electron chi connectivity index (χ2n) is 25.1. The highest BCUT2D eigenvalue weighted by Gasteiger charge is 2.62. The second-order valence-corrected chi connectivity index (χ2v) is 28.0. The smallest absolute Gasteiger partial charge is 0.294 e. The molecule has 75 heavy (non-hydrogen) atoms. The van der Waals surface area contributed by atoms with E-state index in [-0.39, 0.29) is 38.9 Å². The predicted molar refractivity (Wildman–Crippen MR) is 294 cm³/mol. The van der Waals surface area contributed by atoms with E-state index in [1.807, 2.05) is 52.8 Å². The molecule has 0 bridgehead atoms. The molecule has 10 atom stereocenters. The highest BCUT2D eigenvalue weighted by Crippen LogP contribution is 2.65. The van der Waals surface area contributed by atoms with E-state index >= 15 is 0 Å². The lowest BCUT2D eigenvalue weighted by molar-refractivity contribution is -0.438. The first-order valence-electron chi connectivity index (χ1n) is 28.1. The van der Waals surface area contributed by atoms with E-state index in [0.717, 1.165) is 105 Å². The van der Waals surface area contributed by atoms with Crippen LogP contribution in [0, 0.1) is 35.0 Å². The first-order chi connectivity index (χ1) is 35.3. The molecule has 2 saturated carbocycles. The molecule has 4 fully saturated rings. The number of hydrogen-bond donors (Lipinski definition) is 4. The van der Waals surface area contributed by atoms with Gasteiger partial charge >= 0.3 is 0 Å². The SMILES string of the molecule is CCN1/C(=C/C=C/C2=[N+](CCCCCC(=O)NCCN3CC(C)C[C@@H]4OC5(CCC6C(=C5C)CC5C6CC=C6C[C@H](O)CCC65C)[C@@H](C)C43)c3ccc(S(=O)(=O)O)cc3C2(C)C)C(C)(C)c2cc(S(=O)(=O)O)ccc21. The minimum atomic E-state index is -4.44. The fourth-order valence-electron chi connectivity index (χ4n) is 16.3. The number of likely N-dealkylation sites (N-methyl/N-ethyl adjacent to an activating group) is 1. The molecule has 8 aliphatic rings. The van der Waals surface area contributed by atoms with Gasteiger partial charge < -0.3 is 20.1 Å². The zero-order chi connectivity index (χ0) is 53.8. The number of rotatable bonds is 14. The zero-order valence-corrected chi connectivity index (χ0v) is 47.5. The van der Waals surface area contributed by atoms with Crippen molar-refractivity contribution in [2.45, 2.75) is 184 Å². The first-order valence-corrected chi connectivity index (χ1v) is 31.0. The third-order valence-electron chi connectivity index (χ3n) is 20.3. The van der Waals surface area contributed by atoms with Gasteiger partial charge in [0.25, 0.3) is 20.2 Å².